The summed E-state index contributed by atoms with van der Waals surface area (Å²) in [4.78, 5) is 21.4. The lowest BCUT2D eigenvalue weighted by Gasteiger charge is -2.19. The van der Waals surface area contributed by atoms with Gasteiger partial charge in [0.15, 0.2) is 0 Å². The van der Waals surface area contributed by atoms with Crippen LogP contribution in [0.15, 0.2) is 54.2 Å². The number of carbonyl (C=O) groups is 1. The van der Waals surface area contributed by atoms with Gasteiger partial charge in [0, 0.05) is 24.4 Å². The fraction of sp³-hybridized carbons (Fsp3) is 0.476. The van der Waals surface area contributed by atoms with Gasteiger partial charge in [-0.15, -0.1) is 0 Å². The lowest BCUT2D eigenvalue weighted by atomic mass is 10.0. The Bertz CT molecular complexity index is 719. The molecule has 0 fully saturated rings. The topological polar surface area (TPSA) is 65.7 Å². The van der Waals surface area contributed by atoms with Crippen molar-refractivity contribution in [2.75, 3.05) is 6.61 Å². The summed E-state index contributed by atoms with van der Waals surface area (Å²) in [5.74, 6) is -0.176. The van der Waals surface area contributed by atoms with Crippen molar-refractivity contribution in [3.05, 3.63) is 54.6 Å². The van der Waals surface area contributed by atoms with E-state index < -0.39 is 5.60 Å². The van der Waals surface area contributed by atoms with Crippen molar-refractivity contribution in [1.82, 2.24) is 9.55 Å². The molecule has 2 aromatic rings. The predicted octanol–water partition coefficient (Wildman–Crippen LogP) is 4.38. The summed E-state index contributed by atoms with van der Waals surface area (Å²) in [6.07, 6.45) is 7.26. The highest BCUT2D eigenvalue weighted by Gasteiger charge is 2.16. The SMILES string of the molecule is CC(/C(=N\OCCCCC(=O)OC(C)(C)C)c1ccccc1)n1ccnc1. The quantitative estimate of drug-likeness (QED) is 0.284. The zero-order valence-corrected chi connectivity index (χ0v) is 16.6. The number of oxime groups is 1. The number of hydrogen-bond donors (Lipinski definition) is 0. The lowest BCUT2D eigenvalue weighted by molar-refractivity contribution is -0.154. The third kappa shape index (κ3) is 7.25. The molecule has 6 nitrogen and oxygen atoms in total. The van der Waals surface area contributed by atoms with Gasteiger partial charge in [-0.05, 0) is 40.5 Å². The van der Waals surface area contributed by atoms with E-state index >= 15 is 0 Å². The van der Waals surface area contributed by atoms with Crippen LogP contribution in [0.1, 0.15) is 58.6 Å². The molecule has 0 amide bonds. The molecule has 0 spiro atoms. The normalized spacial score (nSPS) is 13.3. The largest absolute Gasteiger partial charge is 0.460 e. The first-order chi connectivity index (χ1) is 12.9. The molecule has 1 aromatic carbocycles. The van der Waals surface area contributed by atoms with Gasteiger partial charge in [-0.3, -0.25) is 4.79 Å². The zero-order chi connectivity index (χ0) is 19.7. The fourth-order valence-electron chi connectivity index (χ4n) is 2.56. The minimum Gasteiger partial charge on any atom is -0.460 e. The molecule has 0 bridgehead atoms. The molecule has 0 N–H and O–H groups in total. The van der Waals surface area contributed by atoms with E-state index in [-0.39, 0.29) is 12.0 Å². The molecule has 6 heteroatoms. The van der Waals surface area contributed by atoms with Crippen LogP contribution in [0.2, 0.25) is 0 Å². The molecule has 27 heavy (non-hydrogen) atoms. The Labute approximate surface area is 161 Å². The van der Waals surface area contributed by atoms with E-state index in [2.05, 4.69) is 17.1 Å². The highest BCUT2D eigenvalue weighted by molar-refractivity contribution is 6.02. The van der Waals surface area contributed by atoms with Crippen LogP contribution in [0.25, 0.3) is 0 Å². The van der Waals surface area contributed by atoms with Gasteiger partial charge in [-0.2, -0.15) is 0 Å². The van der Waals surface area contributed by atoms with Crippen molar-refractivity contribution in [2.45, 2.75) is 58.6 Å². The Balaban J connectivity index is 1.87. The molecular weight excluding hydrogens is 342 g/mol. The molecule has 1 heterocycles. The van der Waals surface area contributed by atoms with Gasteiger partial charge in [0.1, 0.15) is 17.9 Å². The van der Waals surface area contributed by atoms with Gasteiger partial charge < -0.3 is 14.1 Å². The van der Waals surface area contributed by atoms with Gasteiger partial charge in [0.25, 0.3) is 0 Å². The van der Waals surface area contributed by atoms with Crippen molar-refractivity contribution in [3.63, 3.8) is 0 Å². The van der Waals surface area contributed by atoms with Crippen LogP contribution >= 0.6 is 0 Å². The van der Waals surface area contributed by atoms with E-state index in [4.69, 9.17) is 9.57 Å². The molecule has 2 rings (SSSR count). The second-order valence-electron chi connectivity index (χ2n) is 7.41. The highest BCUT2D eigenvalue weighted by atomic mass is 16.6. The van der Waals surface area contributed by atoms with Gasteiger partial charge in [-0.25, -0.2) is 4.98 Å². The van der Waals surface area contributed by atoms with E-state index in [1.54, 1.807) is 12.5 Å². The Morgan fingerprint density at radius 2 is 1.96 bits per heavy atom. The maximum atomic E-state index is 11.7. The lowest BCUT2D eigenvalue weighted by Crippen LogP contribution is -2.23. The Hall–Kier alpha value is -2.63. The average Bonchev–Trinajstić information content (AvgIpc) is 3.14. The van der Waals surface area contributed by atoms with Crippen LogP contribution < -0.4 is 0 Å². The highest BCUT2D eigenvalue weighted by Crippen LogP contribution is 2.16. The van der Waals surface area contributed by atoms with Crippen molar-refractivity contribution in [2.24, 2.45) is 5.16 Å². The van der Waals surface area contributed by atoms with Crippen LogP contribution in [0.5, 0.6) is 0 Å². The smallest absolute Gasteiger partial charge is 0.306 e. The van der Waals surface area contributed by atoms with Crippen molar-refractivity contribution in [1.29, 1.82) is 0 Å². The average molecular weight is 371 g/mol. The van der Waals surface area contributed by atoms with Crippen LogP contribution in [0, 0.1) is 0 Å². The minimum atomic E-state index is -0.439. The summed E-state index contributed by atoms with van der Waals surface area (Å²) >= 11 is 0. The molecule has 0 aliphatic carbocycles. The first kappa shape index (κ1) is 20.7. The number of hydrogen-bond acceptors (Lipinski definition) is 5. The monoisotopic (exact) mass is 371 g/mol. The number of nitrogens with zero attached hydrogens (tertiary/aromatic N) is 3. The summed E-state index contributed by atoms with van der Waals surface area (Å²) in [7, 11) is 0. The fourth-order valence-corrected chi connectivity index (χ4v) is 2.56. The summed E-state index contributed by atoms with van der Waals surface area (Å²) in [5.41, 5.74) is 1.40. The number of unbranched alkanes of at least 4 members (excludes halogenated alkanes) is 1. The van der Waals surface area contributed by atoms with Gasteiger partial charge in [-0.1, -0.05) is 35.5 Å². The molecule has 1 aromatic heterocycles. The third-order valence-corrected chi connectivity index (χ3v) is 3.89. The number of carbonyl (C=O) groups excluding carboxylic acids is 1. The number of rotatable bonds is 9. The van der Waals surface area contributed by atoms with Crippen molar-refractivity contribution in [3.8, 4) is 0 Å². The van der Waals surface area contributed by atoms with Crippen LogP contribution in [0.4, 0.5) is 0 Å². The Kier molecular flexibility index (Phi) is 7.58. The number of imidazole rings is 1. The van der Waals surface area contributed by atoms with E-state index in [1.165, 1.54) is 0 Å². The number of aromatic nitrogens is 2. The third-order valence-electron chi connectivity index (χ3n) is 3.89. The molecule has 0 aliphatic rings. The van der Waals surface area contributed by atoms with Gasteiger partial charge >= 0.3 is 5.97 Å². The van der Waals surface area contributed by atoms with E-state index in [1.807, 2.05) is 61.9 Å². The molecule has 1 atom stereocenters. The molecule has 0 saturated carbocycles. The maximum Gasteiger partial charge on any atom is 0.306 e. The van der Waals surface area contributed by atoms with Gasteiger partial charge in [0.2, 0.25) is 0 Å². The zero-order valence-electron chi connectivity index (χ0n) is 16.6. The van der Waals surface area contributed by atoms with E-state index in [9.17, 15) is 4.79 Å². The van der Waals surface area contributed by atoms with E-state index in [0.29, 0.717) is 19.4 Å². The first-order valence-corrected chi connectivity index (χ1v) is 9.31. The first-order valence-electron chi connectivity index (χ1n) is 9.31. The molecule has 1 unspecified atom stereocenters. The maximum absolute atomic E-state index is 11.7. The number of ether oxygens (including phenoxy) is 1. The van der Waals surface area contributed by atoms with Crippen LogP contribution in [-0.2, 0) is 14.4 Å². The van der Waals surface area contributed by atoms with E-state index in [0.717, 1.165) is 17.7 Å². The molecule has 146 valence electrons. The molecule has 0 aliphatic heterocycles. The minimum absolute atomic E-state index is 0.00309. The van der Waals surface area contributed by atoms with Gasteiger partial charge in [0.05, 0.1) is 12.4 Å². The number of benzene rings is 1. The summed E-state index contributed by atoms with van der Waals surface area (Å²) in [6.45, 7) is 8.12. The molecule has 0 radical (unpaired) electrons. The Morgan fingerprint density at radius 3 is 2.59 bits per heavy atom. The molecular formula is C21H29N3O3. The Morgan fingerprint density at radius 1 is 1.22 bits per heavy atom. The molecule has 0 saturated heterocycles. The number of esters is 1. The predicted molar refractivity (Wildman–Crippen MR) is 106 cm³/mol. The summed E-state index contributed by atoms with van der Waals surface area (Å²) < 4.78 is 7.28. The standard InChI is InChI=1S/C21H29N3O3/c1-17(24-14-13-22-16-24)20(18-10-6-5-7-11-18)23-26-15-9-8-12-19(25)27-21(2,3)4/h5-7,10-11,13-14,16-17H,8-9,12,15H2,1-4H3/b23-20+. The van der Waals surface area contributed by atoms with Crippen molar-refractivity contribution >= 4 is 11.7 Å². The summed E-state index contributed by atoms with van der Waals surface area (Å²) in [6, 6.07) is 9.95. The summed E-state index contributed by atoms with van der Waals surface area (Å²) in [5, 5.41) is 4.38. The second kappa shape index (κ2) is 9.90. The second-order valence-corrected chi connectivity index (χ2v) is 7.41. The van der Waals surface area contributed by atoms with Crippen molar-refractivity contribution < 1.29 is 14.4 Å². The van der Waals surface area contributed by atoms with Crippen LogP contribution in [0.3, 0.4) is 0 Å². The van der Waals surface area contributed by atoms with Crippen LogP contribution in [-0.4, -0.2) is 33.4 Å².